The number of hydrogen-bond acceptors (Lipinski definition) is 3. The first-order valence-corrected chi connectivity index (χ1v) is 12.4. The number of hydrazone groups is 1. The van der Waals surface area contributed by atoms with Gasteiger partial charge in [0.1, 0.15) is 0 Å². The first-order chi connectivity index (χ1) is 16.6. The van der Waals surface area contributed by atoms with E-state index in [0.717, 1.165) is 24.9 Å². The number of nitrogens with one attached hydrogen (secondary N) is 2. The fourth-order valence-corrected chi connectivity index (χ4v) is 6.15. The van der Waals surface area contributed by atoms with Gasteiger partial charge in [0, 0.05) is 29.3 Å². The molecule has 34 heavy (non-hydrogen) atoms. The number of anilines is 1. The van der Waals surface area contributed by atoms with Gasteiger partial charge in [-0.15, -0.1) is 0 Å². The summed E-state index contributed by atoms with van der Waals surface area (Å²) in [5.74, 6) is 1.15. The molecular formula is C29H32N4S. The Morgan fingerprint density at radius 2 is 1.32 bits per heavy atom. The highest BCUT2D eigenvalue weighted by molar-refractivity contribution is 7.80. The zero-order valence-electron chi connectivity index (χ0n) is 19.8. The average Bonchev–Trinajstić information content (AvgIpc) is 2.89. The van der Waals surface area contributed by atoms with Gasteiger partial charge >= 0.3 is 0 Å². The summed E-state index contributed by atoms with van der Waals surface area (Å²) in [5.41, 5.74) is 8.21. The van der Waals surface area contributed by atoms with E-state index in [1.807, 2.05) is 30.3 Å². The van der Waals surface area contributed by atoms with Crippen molar-refractivity contribution in [2.24, 2.45) is 11.0 Å². The van der Waals surface area contributed by atoms with Crippen LogP contribution in [0.5, 0.6) is 0 Å². The fraction of sp³-hybridized carbons (Fsp3) is 0.310. The molecule has 0 unspecified atom stereocenters. The molecule has 3 aliphatic rings. The largest absolute Gasteiger partial charge is 0.331 e. The lowest BCUT2D eigenvalue weighted by Gasteiger charge is -2.58. The highest BCUT2D eigenvalue weighted by Gasteiger charge is 2.55. The minimum absolute atomic E-state index is 0.0603. The van der Waals surface area contributed by atoms with Crippen LogP contribution >= 0.6 is 12.2 Å². The average molecular weight is 469 g/mol. The predicted molar refractivity (Wildman–Crippen MR) is 145 cm³/mol. The predicted octanol–water partition coefficient (Wildman–Crippen LogP) is 6.01. The van der Waals surface area contributed by atoms with Crippen LogP contribution in [0.2, 0.25) is 0 Å². The van der Waals surface area contributed by atoms with E-state index in [2.05, 4.69) is 90.4 Å². The Balaban J connectivity index is 1.51. The molecule has 0 radical (unpaired) electrons. The summed E-state index contributed by atoms with van der Waals surface area (Å²) in [6, 6.07) is 31.9. The summed E-state index contributed by atoms with van der Waals surface area (Å²) in [4.78, 5) is 2.43. The molecule has 0 heterocycles. The fourth-order valence-electron chi connectivity index (χ4n) is 5.99. The number of para-hydroxylation sites is 1. The number of thiocarbonyl (C=S) groups is 1. The van der Waals surface area contributed by atoms with Crippen LogP contribution in [0.15, 0.2) is 96.1 Å². The Morgan fingerprint density at radius 1 is 0.824 bits per heavy atom. The standard InChI is InChI=1S/C29H32N4S/c1-33(2)29-18-24(21-12-6-3-7-13-21)27(25(19-29)22-14-8-4-9-15-22)26(20-29)31-32-28(34)30-23-16-10-5-11-17-23/h3-17,24-25,27H,18-20H2,1-2H3,(H2,30,32,34)/b31-26-/t24-,25-,27?,29?/m0/s1. The van der Waals surface area contributed by atoms with Gasteiger partial charge in [-0.3, -0.25) is 5.43 Å². The summed E-state index contributed by atoms with van der Waals surface area (Å²) >= 11 is 5.58. The van der Waals surface area contributed by atoms with Gasteiger partial charge in [-0.25, -0.2) is 0 Å². The Hall–Kier alpha value is -3.02. The molecule has 0 aliphatic heterocycles. The van der Waals surface area contributed by atoms with Crippen LogP contribution < -0.4 is 10.7 Å². The minimum atomic E-state index is 0.0603. The van der Waals surface area contributed by atoms with Gasteiger partial charge < -0.3 is 10.2 Å². The maximum Gasteiger partial charge on any atom is 0.191 e. The molecule has 3 aliphatic carbocycles. The van der Waals surface area contributed by atoms with E-state index in [-0.39, 0.29) is 5.54 Å². The molecule has 174 valence electrons. The molecular weight excluding hydrogens is 436 g/mol. The molecule has 4 nitrogen and oxygen atoms in total. The van der Waals surface area contributed by atoms with Crippen LogP contribution in [0.3, 0.4) is 0 Å². The van der Waals surface area contributed by atoms with E-state index < -0.39 is 0 Å². The molecule has 3 aromatic carbocycles. The normalized spacial score (nSPS) is 27.0. The van der Waals surface area contributed by atoms with Gasteiger partial charge in [0.15, 0.2) is 5.11 Å². The topological polar surface area (TPSA) is 39.7 Å². The lowest BCUT2D eigenvalue weighted by molar-refractivity contribution is 0.0487. The molecule has 6 rings (SSSR count). The second-order valence-electron chi connectivity index (χ2n) is 9.80. The van der Waals surface area contributed by atoms with Crippen LogP contribution in [0.25, 0.3) is 0 Å². The lowest BCUT2D eigenvalue weighted by atomic mass is 9.52. The number of hydrogen-bond donors (Lipinski definition) is 2. The summed E-state index contributed by atoms with van der Waals surface area (Å²) in [5, 5.41) is 8.74. The van der Waals surface area contributed by atoms with Crippen molar-refractivity contribution >= 4 is 28.7 Å². The van der Waals surface area contributed by atoms with E-state index in [9.17, 15) is 0 Å². The highest BCUT2D eigenvalue weighted by atomic mass is 32.1. The summed E-state index contributed by atoms with van der Waals surface area (Å²) < 4.78 is 0. The highest BCUT2D eigenvalue weighted by Crippen LogP contribution is 2.58. The second kappa shape index (κ2) is 9.69. The molecule has 0 aromatic heterocycles. The van der Waals surface area contributed by atoms with E-state index in [4.69, 9.17) is 17.3 Å². The smallest absolute Gasteiger partial charge is 0.191 e. The van der Waals surface area contributed by atoms with Gasteiger partial charge in [-0.1, -0.05) is 78.9 Å². The Morgan fingerprint density at radius 3 is 1.82 bits per heavy atom. The zero-order valence-corrected chi connectivity index (χ0v) is 20.6. The number of nitrogens with zero attached hydrogens (tertiary/aromatic N) is 2. The third-order valence-corrected chi connectivity index (χ3v) is 7.89. The maximum atomic E-state index is 5.58. The van der Waals surface area contributed by atoms with Crippen LogP contribution in [0.1, 0.15) is 42.2 Å². The van der Waals surface area contributed by atoms with Gasteiger partial charge in [-0.2, -0.15) is 5.10 Å². The van der Waals surface area contributed by atoms with Gasteiger partial charge in [-0.05, 0) is 74.3 Å². The number of fused-ring (bicyclic) bond motifs is 3. The lowest BCUT2D eigenvalue weighted by Crippen LogP contribution is -2.59. The molecule has 2 atom stereocenters. The first kappa shape index (κ1) is 22.8. The minimum Gasteiger partial charge on any atom is -0.331 e. The molecule has 0 spiro atoms. The zero-order chi connectivity index (χ0) is 23.5. The van der Waals surface area contributed by atoms with Crippen molar-refractivity contribution in [2.45, 2.75) is 36.6 Å². The van der Waals surface area contributed by atoms with E-state index in [0.29, 0.717) is 22.9 Å². The molecule has 0 amide bonds. The van der Waals surface area contributed by atoms with E-state index in [1.54, 1.807) is 0 Å². The molecule has 5 heteroatoms. The Labute approximate surface area is 208 Å². The quantitative estimate of drug-likeness (QED) is 0.355. The third kappa shape index (κ3) is 4.50. The maximum absolute atomic E-state index is 5.58. The molecule has 3 saturated carbocycles. The Kier molecular flexibility index (Phi) is 6.48. The van der Waals surface area contributed by atoms with Crippen molar-refractivity contribution in [3.63, 3.8) is 0 Å². The van der Waals surface area contributed by atoms with Crippen molar-refractivity contribution in [3.05, 3.63) is 102 Å². The number of rotatable bonds is 5. The van der Waals surface area contributed by atoms with E-state index >= 15 is 0 Å². The molecule has 3 fully saturated rings. The first-order valence-electron chi connectivity index (χ1n) is 12.0. The summed E-state index contributed by atoms with van der Waals surface area (Å²) in [7, 11) is 4.45. The third-order valence-electron chi connectivity index (χ3n) is 7.70. The van der Waals surface area contributed by atoms with Crippen molar-refractivity contribution in [2.75, 3.05) is 19.4 Å². The second-order valence-corrected chi connectivity index (χ2v) is 10.2. The Bertz CT molecular complexity index is 1100. The molecule has 3 aromatic rings. The van der Waals surface area contributed by atoms with Crippen molar-refractivity contribution < 1.29 is 0 Å². The van der Waals surface area contributed by atoms with Gasteiger partial charge in [0.05, 0.1) is 0 Å². The summed E-state index contributed by atoms with van der Waals surface area (Å²) in [6.07, 6.45) is 3.24. The number of benzene rings is 3. The van der Waals surface area contributed by atoms with Crippen molar-refractivity contribution in [3.8, 4) is 0 Å². The van der Waals surface area contributed by atoms with Crippen LogP contribution in [0, 0.1) is 5.92 Å². The molecule has 2 bridgehead atoms. The van der Waals surface area contributed by atoms with E-state index in [1.165, 1.54) is 16.8 Å². The van der Waals surface area contributed by atoms with Crippen LogP contribution in [-0.2, 0) is 0 Å². The summed E-state index contributed by atoms with van der Waals surface area (Å²) in [6.45, 7) is 0. The van der Waals surface area contributed by atoms with Crippen LogP contribution in [-0.4, -0.2) is 35.4 Å². The van der Waals surface area contributed by atoms with Crippen molar-refractivity contribution in [1.29, 1.82) is 0 Å². The van der Waals surface area contributed by atoms with Gasteiger partial charge in [0.25, 0.3) is 0 Å². The van der Waals surface area contributed by atoms with Crippen LogP contribution in [0.4, 0.5) is 5.69 Å². The monoisotopic (exact) mass is 468 g/mol. The van der Waals surface area contributed by atoms with Crippen molar-refractivity contribution in [1.82, 2.24) is 10.3 Å². The SMILES string of the molecule is CN(C)C12C/C(=N/NC(=S)Nc3ccccc3)C([C@H](c3ccccc3)C1)[C@H](c1ccccc1)C2. The van der Waals surface area contributed by atoms with Gasteiger partial charge in [0.2, 0.25) is 0 Å². The molecule has 2 N–H and O–H groups in total. The molecule has 0 saturated heterocycles.